The first-order valence-corrected chi connectivity index (χ1v) is 12.2. The fourth-order valence-electron chi connectivity index (χ4n) is 3.12. The molecule has 33 heavy (non-hydrogen) atoms. The van der Waals surface area contributed by atoms with E-state index in [1.54, 1.807) is 48.7 Å². The molecule has 6 nitrogen and oxygen atoms in total. The van der Waals surface area contributed by atoms with Gasteiger partial charge in [-0.2, -0.15) is 5.26 Å². The molecule has 172 valence electrons. The lowest BCUT2D eigenvalue weighted by Crippen LogP contribution is -2.38. The molecule has 0 radical (unpaired) electrons. The van der Waals surface area contributed by atoms with Crippen LogP contribution >= 0.6 is 31.9 Å². The van der Waals surface area contributed by atoms with Crippen LogP contribution in [0, 0.1) is 11.3 Å². The van der Waals surface area contributed by atoms with Gasteiger partial charge in [0.25, 0.3) is 5.91 Å². The molecule has 0 saturated carbocycles. The number of nitrogens with one attached hydrogen (secondary N) is 1. The van der Waals surface area contributed by atoms with E-state index >= 15 is 0 Å². The summed E-state index contributed by atoms with van der Waals surface area (Å²) in [5.41, 5.74) is 0.407. The average molecular weight is 576 g/mol. The van der Waals surface area contributed by atoms with Crippen molar-refractivity contribution in [3.8, 4) is 23.3 Å². The number of halogens is 2. The van der Waals surface area contributed by atoms with E-state index in [1.807, 2.05) is 6.07 Å². The number of unbranched alkanes of at least 4 members (excludes halogenated alkanes) is 2. The Hall–Kier alpha value is -2.76. The van der Waals surface area contributed by atoms with Gasteiger partial charge in [-0.25, -0.2) is 0 Å². The summed E-state index contributed by atoms with van der Waals surface area (Å²) < 4.78 is 18.9. The van der Waals surface area contributed by atoms with E-state index in [1.165, 1.54) is 0 Å². The molecular weight excluding hydrogens is 552 g/mol. The van der Waals surface area contributed by atoms with E-state index < -0.39 is 6.10 Å². The highest BCUT2D eigenvalue weighted by Crippen LogP contribution is 2.34. The summed E-state index contributed by atoms with van der Waals surface area (Å²) in [4.78, 5) is 12.9. The van der Waals surface area contributed by atoms with Gasteiger partial charge in [-0.3, -0.25) is 4.79 Å². The molecule has 1 N–H and O–H groups in total. The molecule has 1 unspecified atom stereocenters. The third-order valence-electron chi connectivity index (χ3n) is 4.84. The second kappa shape index (κ2) is 12.5. The predicted molar refractivity (Wildman–Crippen MR) is 132 cm³/mol. The average Bonchev–Trinajstić information content (AvgIpc) is 3.33. The van der Waals surface area contributed by atoms with Gasteiger partial charge in [-0.1, -0.05) is 35.7 Å². The Bertz CT molecular complexity index is 1110. The number of carbonyl (C=O) groups excluding carboxylic acids is 1. The summed E-state index contributed by atoms with van der Waals surface area (Å²) in [6, 6.07) is 16.2. The van der Waals surface area contributed by atoms with E-state index in [2.05, 4.69) is 50.2 Å². The van der Waals surface area contributed by atoms with Crippen LogP contribution in [0.4, 0.5) is 0 Å². The summed E-state index contributed by atoms with van der Waals surface area (Å²) in [6.07, 6.45) is 4.41. The standard InChI is InChI=1S/C25H24Br2N2O4/c1-2-3-4-7-23(25(30)29-16-20-6-5-12-31-20)33-24-14-19(9-10-21(24)27)32-22-11-8-18(26)13-17(22)15-28/h5-6,8-14,23H,2-4,7,16H2,1H3,(H,29,30). The van der Waals surface area contributed by atoms with Crippen molar-refractivity contribution in [1.29, 1.82) is 5.26 Å². The van der Waals surface area contributed by atoms with Crippen molar-refractivity contribution in [2.45, 2.75) is 45.3 Å². The summed E-state index contributed by atoms with van der Waals surface area (Å²) in [6.45, 7) is 2.41. The van der Waals surface area contributed by atoms with E-state index in [0.717, 1.165) is 23.7 Å². The fourth-order valence-corrected chi connectivity index (χ4v) is 3.82. The molecule has 1 aromatic heterocycles. The summed E-state index contributed by atoms with van der Waals surface area (Å²) in [7, 11) is 0. The highest BCUT2D eigenvalue weighted by atomic mass is 79.9. The minimum Gasteiger partial charge on any atom is -0.479 e. The number of furan rings is 1. The lowest BCUT2D eigenvalue weighted by atomic mass is 10.1. The van der Waals surface area contributed by atoms with Gasteiger partial charge in [-0.15, -0.1) is 0 Å². The Morgan fingerprint density at radius 2 is 2.00 bits per heavy atom. The highest BCUT2D eigenvalue weighted by molar-refractivity contribution is 9.10. The Balaban J connectivity index is 1.75. The third kappa shape index (κ3) is 7.37. The molecule has 8 heteroatoms. The number of hydrogen-bond donors (Lipinski definition) is 1. The van der Waals surface area contributed by atoms with Gasteiger partial charge in [0.05, 0.1) is 22.8 Å². The third-order valence-corrected chi connectivity index (χ3v) is 5.99. The first-order valence-electron chi connectivity index (χ1n) is 10.6. The van der Waals surface area contributed by atoms with Gasteiger partial charge in [0.15, 0.2) is 6.10 Å². The van der Waals surface area contributed by atoms with Crippen LogP contribution in [0.25, 0.3) is 0 Å². The van der Waals surface area contributed by atoms with Crippen LogP contribution in [0.5, 0.6) is 17.2 Å². The maximum absolute atomic E-state index is 12.9. The van der Waals surface area contributed by atoms with Crippen LogP contribution in [0.1, 0.15) is 43.9 Å². The van der Waals surface area contributed by atoms with Crippen LogP contribution in [-0.2, 0) is 11.3 Å². The molecule has 0 aliphatic carbocycles. The number of hydrogen-bond acceptors (Lipinski definition) is 5. The molecule has 0 bridgehead atoms. The minimum absolute atomic E-state index is 0.208. The van der Waals surface area contributed by atoms with Crippen molar-refractivity contribution in [3.63, 3.8) is 0 Å². The molecule has 0 fully saturated rings. The van der Waals surface area contributed by atoms with Crippen LogP contribution < -0.4 is 14.8 Å². The fraction of sp³-hybridized carbons (Fsp3) is 0.280. The van der Waals surface area contributed by atoms with Gasteiger partial charge in [0.1, 0.15) is 29.1 Å². The zero-order valence-electron chi connectivity index (χ0n) is 18.1. The number of ether oxygens (including phenoxy) is 2. The number of rotatable bonds is 11. The molecule has 1 heterocycles. The maximum atomic E-state index is 12.9. The molecule has 0 aliphatic rings. The van der Waals surface area contributed by atoms with Crippen molar-refractivity contribution >= 4 is 37.8 Å². The largest absolute Gasteiger partial charge is 0.479 e. The van der Waals surface area contributed by atoms with Crippen LogP contribution in [0.3, 0.4) is 0 Å². The zero-order chi connectivity index (χ0) is 23.6. The van der Waals surface area contributed by atoms with Gasteiger partial charge in [0.2, 0.25) is 0 Å². The topological polar surface area (TPSA) is 84.5 Å². The molecule has 2 aromatic carbocycles. The smallest absolute Gasteiger partial charge is 0.261 e. The molecule has 0 aliphatic heterocycles. The van der Waals surface area contributed by atoms with Crippen molar-refractivity contribution in [1.82, 2.24) is 5.32 Å². The van der Waals surface area contributed by atoms with Crippen molar-refractivity contribution < 1.29 is 18.7 Å². The Kier molecular flexibility index (Phi) is 9.40. The predicted octanol–water partition coefficient (Wildman–Crippen LogP) is 7.11. The van der Waals surface area contributed by atoms with E-state index in [-0.39, 0.29) is 5.91 Å². The lowest BCUT2D eigenvalue weighted by Gasteiger charge is -2.20. The van der Waals surface area contributed by atoms with E-state index in [4.69, 9.17) is 13.9 Å². The molecule has 0 saturated heterocycles. The molecule has 1 amide bonds. The number of nitriles is 1. The number of benzene rings is 2. The molecule has 1 atom stereocenters. The van der Waals surface area contributed by atoms with Gasteiger partial charge >= 0.3 is 0 Å². The number of amides is 1. The first kappa shape index (κ1) is 24.9. The molecular formula is C25H24Br2N2O4. The van der Waals surface area contributed by atoms with Crippen molar-refractivity contribution in [2.24, 2.45) is 0 Å². The normalized spacial score (nSPS) is 11.5. The van der Waals surface area contributed by atoms with Crippen LogP contribution in [-0.4, -0.2) is 12.0 Å². The summed E-state index contributed by atoms with van der Waals surface area (Å²) in [5, 5.41) is 12.3. The van der Waals surface area contributed by atoms with Gasteiger partial charge in [-0.05, 0) is 71.2 Å². The zero-order valence-corrected chi connectivity index (χ0v) is 21.3. The second-order valence-corrected chi connectivity index (χ2v) is 9.12. The summed E-state index contributed by atoms with van der Waals surface area (Å²) in [5.74, 6) is 1.88. The van der Waals surface area contributed by atoms with Crippen LogP contribution in [0.2, 0.25) is 0 Å². The Morgan fingerprint density at radius 1 is 1.15 bits per heavy atom. The lowest BCUT2D eigenvalue weighted by molar-refractivity contribution is -0.128. The summed E-state index contributed by atoms with van der Waals surface area (Å²) >= 11 is 6.86. The Morgan fingerprint density at radius 3 is 2.73 bits per heavy atom. The number of carbonyl (C=O) groups is 1. The van der Waals surface area contributed by atoms with E-state index in [0.29, 0.717) is 46.0 Å². The van der Waals surface area contributed by atoms with Crippen molar-refractivity contribution in [2.75, 3.05) is 0 Å². The van der Waals surface area contributed by atoms with Gasteiger partial charge < -0.3 is 19.2 Å². The minimum atomic E-state index is -0.666. The SMILES string of the molecule is CCCCCC(Oc1cc(Oc2ccc(Br)cc2C#N)ccc1Br)C(=O)NCc1ccco1. The number of nitrogens with zero attached hydrogens (tertiary/aromatic N) is 1. The highest BCUT2D eigenvalue weighted by Gasteiger charge is 2.22. The van der Waals surface area contributed by atoms with Crippen molar-refractivity contribution in [3.05, 3.63) is 75.1 Å². The molecule has 3 rings (SSSR count). The second-order valence-electron chi connectivity index (χ2n) is 7.35. The Labute approximate surface area is 210 Å². The molecule has 0 spiro atoms. The van der Waals surface area contributed by atoms with E-state index in [9.17, 15) is 10.1 Å². The van der Waals surface area contributed by atoms with Gasteiger partial charge in [0, 0.05) is 10.5 Å². The maximum Gasteiger partial charge on any atom is 0.261 e. The molecule has 3 aromatic rings. The van der Waals surface area contributed by atoms with Crippen LogP contribution in [0.15, 0.2) is 68.2 Å². The monoisotopic (exact) mass is 574 g/mol. The first-order chi connectivity index (χ1) is 16.0. The quantitative estimate of drug-likeness (QED) is 0.246.